The van der Waals surface area contributed by atoms with Gasteiger partial charge < -0.3 is 29.4 Å². The van der Waals surface area contributed by atoms with Crippen LogP contribution in [0.5, 0.6) is 5.75 Å². The monoisotopic (exact) mass is 699 g/mol. The van der Waals surface area contributed by atoms with Crippen LogP contribution in [0.1, 0.15) is 104 Å². The standard InChI is InChI=1S/C38H53NO11/c1-6-8-14-17-30(41)18-15-12-10-11-13-16-19-32(33(26-35(42)43)37(45)50-28(4)49-27(3)40)36(44)39-34(38(46)47-5)25-29-20-22-31(23-21-29)48-24-9-7-2/h16,19-23,28,32-34H,6,8,10-15,17-18,24-26H2,1-5H3,(H,39,44)(H,42,43)/t28?,32-,33+,34-/m0/s1. The van der Waals surface area contributed by atoms with Crippen LogP contribution >= 0.6 is 0 Å². The second-order valence-electron chi connectivity index (χ2n) is 11.9. The van der Waals surface area contributed by atoms with E-state index in [9.17, 15) is 33.9 Å². The molecular weight excluding hydrogens is 646 g/mol. The van der Waals surface area contributed by atoms with E-state index in [1.54, 1.807) is 37.3 Å². The lowest BCUT2D eigenvalue weighted by Crippen LogP contribution is -2.48. The molecule has 0 bridgehead atoms. The number of aliphatic carboxylic acids is 1. The summed E-state index contributed by atoms with van der Waals surface area (Å²) in [4.78, 5) is 75.1. The molecule has 12 heteroatoms. The van der Waals surface area contributed by atoms with Crippen molar-refractivity contribution < 1.29 is 52.8 Å². The molecule has 0 saturated carbocycles. The number of ketones is 1. The fourth-order valence-electron chi connectivity index (χ4n) is 5.09. The van der Waals surface area contributed by atoms with Crippen LogP contribution in [0.4, 0.5) is 0 Å². The van der Waals surface area contributed by atoms with E-state index in [0.29, 0.717) is 30.6 Å². The summed E-state index contributed by atoms with van der Waals surface area (Å²) >= 11 is 0. The molecule has 276 valence electrons. The van der Waals surface area contributed by atoms with Crippen LogP contribution in [-0.4, -0.2) is 66.7 Å². The molecule has 0 aromatic heterocycles. The van der Waals surface area contributed by atoms with Crippen molar-refractivity contribution in [1.82, 2.24) is 5.32 Å². The number of carbonyl (C=O) groups is 6. The summed E-state index contributed by atoms with van der Waals surface area (Å²) < 4.78 is 20.5. The number of carboxylic acid groups (broad SMARTS) is 1. The van der Waals surface area contributed by atoms with Crippen LogP contribution in [0.25, 0.3) is 0 Å². The van der Waals surface area contributed by atoms with Gasteiger partial charge >= 0.3 is 23.9 Å². The third-order valence-electron chi connectivity index (χ3n) is 7.68. The lowest BCUT2D eigenvalue weighted by atomic mass is 9.87. The molecule has 50 heavy (non-hydrogen) atoms. The van der Waals surface area contributed by atoms with Crippen LogP contribution in [0.15, 0.2) is 36.4 Å². The first kappa shape index (κ1) is 43.4. The number of hydrogen-bond donors (Lipinski definition) is 2. The molecule has 1 aromatic rings. The van der Waals surface area contributed by atoms with Crippen LogP contribution in [0.3, 0.4) is 0 Å². The summed E-state index contributed by atoms with van der Waals surface area (Å²) in [6.45, 7) is 6.43. The first-order chi connectivity index (χ1) is 23.9. The molecule has 1 amide bonds. The van der Waals surface area contributed by atoms with Crippen molar-refractivity contribution in [3.8, 4) is 17.6 Å². The van der Waals surface area contributed by atoms with Crippen molar-refractivity contribution in [2.45, 2.75) is 117 Å². The molecule has 2 N–H and O–H groups in total. The van der Waals surface area contributed by atoms with Crippen LogP contribution < -0.4 is 10.1 Å². The number of carboxylic acids is 1. The Morgan fingerprint density at radius 2 is 1.58 bits per heavy atom. The summed E-state index contributed by atoms with van der Waals surface area (Å²) in [7, 11) is 1.17. The van der Waals surface area contributed by atoms with Crippen molar-refractivity contribution in [2.75, 3.05) is 13.7 Å². The van der Waals surface area contributed by atoms with Gasteiger partial charge in [-0.15, -0.1) is 5.92 Å². The van der Waals surface area contributed by atoms with Gasteiger partial charge in [0.1, 0.15) is 24.2 Å². The van der Waals surface area contributed by atoms with Gasteiger partial charge in [0.25, 0.3) is 0 Å². The number of benzene rings is 1. The zero-order valence-corrected chi connectivity index (χ0v) is 30.0. The number of allylic oxidation sites excluding steroid dienone is 1. The molecule has 0 heterocycles. The number of Topliss-reactive ketones (excluding diaryl/α,β-unsaturated/α-hetero) is 1. The summed E-state index contributed by atoms with van der Waals surface area (Å²) in [5.74, 6) is -1.17. The Kier molecular flexibility index (Phi) is 22.0. The Labute approximate surface area is 295 Å². The minimum atomic E-state index is -1.51. The number of unbranched alkanes of at least 4 members (excludes halogenated alkanes) is 6. The minimum absolute atomic E-state index is 0.0303. The lowest BCUT2D eigenvalue weighted by molar-refractivity contribution is -0.188. The Balaban J connectivity index is 3.13. The Hall–Kier alpha value is -4.66. The van der Waals surface area contributed by atoms with E-state index in [0.717, 1.165) is 51.9 Å². The molecule has 12 nitrogen and oxygen atoms in total. The first-order valence-corrected chi connectivity index (χ1v) is 17.2. The molecule has 0 aliphatic heterocycles. The normalized spacial score (nSPS) is 13.1. The van der Waals surface area contributed by atoms with Crippen molar-refractivity contribution in [1.29, 1.82) is 0 Å². The largest absolute Gasteiger partial charge is 0.481 e. The highest BCUT2D eigenvalue weighted by Gasteiger charge is 2.37. The van der Waals surface area contributed by atoms with E-state index in [1.165, 1.54) is 20.1 Å². The molecule has 0 aliphatic rings. The van der Waals surface area contributed by atoms with Crippen molar-refractivity contribution in [3.63, 3.8) is 0 Å². The first-order valence-electron chi connectivity index (χ1n) is 17.2. The SMILES string of the molecule is CC#CCOc1ccc(C[C@H](NC(=O)[C@@H](C=CCCCCCCC(=O)CCCCC)[C@@H](CC(=O)O)C(=O)OC(C)OC(C)=O)C(=O)OC)cc1. The second-order valence-corrected chi connectivity index (χ2v) is 11.9. The molecular formula is C38H53NO11. The fourth-order valence-corrected chi connectivity index (χ4v) is 5.09. The zero-order chi connectivity index (χ0) is 37.3. The van der Waals surface area contributed by atoms with E-state index >= 15 is 0 Å². The summed E-state index contributed by atoms with van der Waals surface area (Å²) in [5, 5.41) is 12.3. The second kappa shape index (κ2) is 25.3. The van der Waals surface area contributed by atoms with Crippen molar-refractivity contribution >= 4 is 35.6 Å². The number of amides is 1. The van der Waals surface area contributed by atoms with Gasteiger partial charge in [-0.25, -0.2) is 4.79 Å². The van der Waals surface area contributed by atoms with Crippen molar-refractivity contribution in [3.05, 3.63) is 42.0 Å². The maximum absolute atomic E-state index is 13.8. The van der Waals surface area contributed by atoms with Gasteiger partial charge in [-0.2, -0.15) is 0 Å². The van der Waals surface area contributed by atoms with E-state index in [-0.39, 0.29) is 18.8 Å². The molecule has 1 aromatic carbocycles. The maximum atomic E-state index is 13.8. The smallest absolute Gasteiger partial charge is 0.328 e. The molecule has 1 rings (SSSR count). The zero-order valence-electron chi connectivity index (χ0n) is 30.0. The van der Waals surface area contributed by atoms with Gasteiger partial charge in [-0.3, -0.25) is 24.0 Å². The molecule has 0 saturated heterocycles. The predicted octanol–water partition coefficient (Wildman–Crippen LogP) is 5.49. The highest BCUT2D eigenvalue weighted by atomic mass is 16.7. The highest BCUT2D eigenvalue weighted by Crippen LogP contribution is 2.23. The quantitative estimate of drug-likeness (QED) is 0.0434. The fraction of sp³-hybridized carbons (Fsp3) is 0.579. The third kappa shape index (κ3) is 18.8. The highest BCUT2D eigenvalue weighted by molar-refractivity contribution is 5.91. The number of ether oxygens (including phenoxy) is 4. The van der Waals surface area contributed by atoms with Crippen LogP contribution in [0.2, 0.25) is 0 Å². The summed E-state index contributed by atoms with van der Waals surface area (Å²) in [6.07, 6.45) is 9.03. The molecule has 0 radical (unpaired) electrons. The Morgan fingerprint density at radius 3 is 2.18 bits per heavy atom. The van der Waals surface area contributed by atoms with Gasteiger partial charge in [0.05, 0.1) is 25.4 Å². The van der Waals surface area contributed by atoms with Crippen molar-refractivity contribution in [2.24, 2.45) is 11.8 Å². The van der Waals surface area contributed by atoms with Gasteiger partial charge in [0.2, 0.25) is 12.2 Å². The van der Waals surface area contributed by atoms with Crippen LogP contribution in [-0.2, 0) is 49.4 Å². The number of esters is 3. The Bertz CT molecular complexity index is 1330. The molecule has 1 unspecified atom stereocenters. The molecule has 4 atom stereocenters. The predicted molar refractivity (Wildman–Crippen MR) is 186 cm³/mol. The summed E-state index contributed by atoms with van der Waals surface area (Å²) in [6, 6.07) is 5.66. The number of methoxy groups -OCH3 is 1. The number of rotatable bonds is 25. The van der Waals surface area contributed by atoms with E-state index in [4.69, 9.17) is 18.9 Å². The lowest BCUT2D eigenvalue weighted by Gasteiger charge is -2.25. The minimum Gasteiger partial charge on any atom is -0.481 e. The average Bonchev–Trinajstić information content (AvgIpc) is 3.06. The van der Waals surface area contributed by atoms with Gasteiger partial charge in [0, 0.05) is 33.1 Å². The van der Waals surface area contributed by atoms with Gasteiger partial charge in [-0.1, -0.05) is 62.8 Å². The van der Waals surface area contributed by atoms with E-state index < -0.39 is 60.4 Å². The summed E-state index contributed by atoms with van der Waals surface area (Å²) in [5.41, 5.74) is 0.668. The van der Waals surface area contributed by atoms with E-state index in [1.807, 2.05) is 0 Å². The topological polar surface area (TPSA) is 172 Å². The van der Waals surface area contributed by atoms with E-state index in [2.05, 4.69) is 24.1 Å². The van der Waals surface area contributed by atoms with Crippen LogP contribution in [0, 0.1) is 23.7 Å². The maximum Gasteiger partial charge on any atom is 0.328 e. The number of hydrogen-bond acceptors (Lipinski definition) is 10. The molecule has 0 fully saturated rings. The third-order valence-corrected chi connectivity index (χ3v) is 7.68. The Morgan fingerprint density at radius 1 is 0.920 bits per heavy atom. The van der Waals surface area contributed by atoms with Gasteiger partial charge in [0.15, 0.2) is 0 Å². The average molecular weight is 700 g/mol. The molecule has 0 spiro atoms. The number of nitrogens with one attached hydrogen (secondary N) is 1. The molecule has 0 aliphatic carbocycles. The van der Waals surface area contributed by atoms with Gasteiger partial charge in [-0.05, 0) is 50.3 Å². The number of carbonyl (C=O) groups excluding carboxylic acids is 5.